The predicted molar refractivity (Wildman–Crippen MR) is 65.9 cm³/mol. The second-order valence-electron chi connectivity index (χ2n) is 3.61. The highest BCUT2D eigenvalue weighted by Crippen LogP contribution is 2.21. The van der Waals surface area contributed by atoms with Crippen LogP contribution >= 0.6 is 0 Å². The van der Waals surface area contributed by atoms with Crippen molar-refractivity contribution in [3.8, 4) is 0 Å². The van der Waals surface area contributed by atoms with Crippen LogP contribution in [-0.2, 0) is 0 Å². The maximum atomic E-state index is 3.94. The first kappa shape index (κ1) is 10.5. The van der Waals surface area contributed by atoms with Crippen LogP contribution < -0.4 is 0 Å². The van der Waals surface area contributed by atoms with Crippen LogP contribution in [0.3, 0.4) is 0 Å². The van der Waals surface area contributed by atoms with E-state index in [9.17, 15) is 0 Å². The molecule has 0 saturated heterocycles. The highest BCUT2D eigenvalue weighted by Gasteiger charge is 2.00. The summed E-state index contributed by atoms with van der Waals surface area (Å²) in [6, 6.07) is 6.28. The fraction of sp³-hybridized carbons (Fsp3) is 0.143. The molecule has 14 heavy (non-hydrogen) atoms. The standard InChI is InChI=1S/C14H16/c1-6-12-7-13(10(2)3)9-14(8-12)11(4)5/h6-9H,1-2,4H2,3,5H3. The van der Waals surface area contributed by atoms with Crippen molar-refractivity contribution in [1.29, 1.82) is 0 Å². The number of hydrogen-bond donors (Lipinski definition) is 0. The quantitative estimate of drug-likeness (QED) is 0.653. The zero-order valence-corrected chi connectivity index (χ0v) is 8.93. The summed E-state index contributed by atoms with van der Waals surface area (Å²) in [6.07, 6.45) is 1.85. The minimum Gasteiger partial charge on any atom is -0.0985 e. The molecule has 0 fully saturated rings. The van der Waals surface area contributed by atoms with Gasteiger partial charge in [-0.3, -0.25) is 0 Å². The smallest absolute Gasteiger partial charge is 0.0221 e. The lowest BCUT2D eigenvalue weighted by atomic mass is 9.98. The van der Waals surface area contributed by atoms with Crippen LogP contribution in [0, 0.1) is 0 Å². The van der Waals surface area contributed by atoms with Crippen molar-refractivity contribution in [3.05, 3.63) is 54.6 Å². The Morgan fingerprint density at radius 1 is 1.00 bits per heavy atom. The second kappa shape index (κ2) is 4.10. The molecule has 0 amide bonds. The summed E-state index contributed by atoms with van der Waals surface area (Å²) in [5.41, 5.74) is 5.55. The Hall–Kier alpha value is -1.56. The van der Waals surface area contributed by atoms with E-state index in [2.05, 4.69) is 37.9 Å². The Kier molecular flexibility index (Phi) is 3.08. The fourth-order valence-electron chi connectivity index (χ4n) is 1.26. The normalized spacial score (nSPS) is 9.57. The van der Waals surface area contributed by atoms with Crippen molar-refractivity contribution >= 4 is 17.2 Å². The molecule has 1 rings (SSSR count). The van der Waals surface area contributed by atoms with Gasteiger partial charge in [0.1, 0.15) is 0 Å². The van der Waals surface area contributed by atoms with E-state index < -0.39 is 0 Å². The van der Waals surface area contributed by atoms with E-state index in [0.717, 1.165) is 27.8 Å². The molecule has 0 nitrogen and oxygen atoms in total. The molecule has 0 heterocycles. The summed E-state index contributed by atoms with van der Waals surface area (Å²) in [7, 11) is 0. The summed E-state index contributed by atoms with van der Waals surface area (Å²) < 4.78 is 0. The summed E-state index contributed by atoms with van der Waals surface area (Å²) in [5, 5.41) is 0. The molecule has 0 N–H and O–H groups in total. The molecule has 0 heteroatoms. The Morgan fingerprint density at radius 3 is 1.71 bits per heavy atom. The monoisotopic (exact) mass is 184 g/mol. The molecule has 0 spiro atoms. The molecule has 0 atom stereocenters. The average Bonchev–Trinajstić information content (AvgIpc) is 2.16. The summed E-state index contributed by atoms with van der Waals surface area (Å²) in [6.45, 7) is 15.7. The minimum absolute atomic E-state index is 1.07. The Balaban J connectivity index is 3.34. The highest BCUT2D eigenvalue weighted by atomic mass is 14.0. The first-order valence-corrected chi connectivity index (χ1v) is 4.64. The maximum absolute atomic E-state index is 3.94. The predicted octanol–water partition coefficient (Wildman–Crippen LogP) is 4.40. The molecule has 1 aromatic rings. The molecule has 0 aliphatic rings. The Bertz CT molecular complexity index is 362. The van der Waals surface area contributed by atoms with Gasteiger partial charge in [-0.05, 0) is 48.7 Å². The number of hydrogen-bond acceptors (Lipinski definition) is 0. The summed E-state index contributed by atoms with van der Waals surface area (Å²) >= 11 is 0. The number of rotatable bonds is 3. The lowest BCUT2D eigenvalue weighted by Gasteiger charge is -2.07. The van der Waals surface area contributed by atoms with E-state index in [1.54, 1.807) is 0 Å². The minimum atomic E-state index is 1.07. The van der Waals surface area contributed by atoms with Crippen LogP contribution in [0.2, 0.25) is 0 Å². The van der Waals surface area contributed by atoms with Gasteiger partial charge in [0.05, 0.1) is 0 Å². The SMILES string of the molecule is C=Cc1cc(C(=C)C)cc(C(=C)C)c1. The molecule has 0 unspecified atom stereocenters. The summed E-state index contributed by atoms with van der Waals surface area (Å²) in [5.74, 6) is 0. The Morgan fingerprint density at radius 2 is 1.43 bits per heavy atom. The first-order chi connectivity index (χ1) is 6.54. The van der Waals surface area contributed by atoms with Crippen LogP contribution in [0.15, 0.2) is 37.9 Å². The van der Waals surface area contributed by atoms with Crippen molar-refractivity contribution in [2.45, 2.75) is 13.8 Å². The molecule has 0 saturated carbocycles. The van der Waals surface area contributed by atoms with Crippen molar-refractivity contribution in [2.75, 3.05) is 0 Å². The van der Waals surface area contributed by atoms with Gasteiger partial charge in [-0.15, -0.1) is 0 Å². The van der Waals surface area contributed by atoms with Crippen molar-refractivity contribution < 1.29 is 0 Å². The topological polar surface area (TPSA) is 0 Å². The van der Waals surface area contributed by atoms with Gasteiger partial charge < -0.3 is 0 Å². The van der Waals surface area contributed by atoms with Gasteiger partial charge in [-0.25, -0.2) is 0 Å². The average molecular weight is 184 g/mol. The maximum Gasteiger partial charge on any atom is -0.0221 e. The van der Waals surface area contributed by atoms with Gasteiger partial charge in [-0.2, -0.15) is 0 Å². The molecular formula is C14H16. The third kappa shape index (κ3) is 2.23. The van der Waals surface area contributed by atoms with Crippen LogP contribution in [0.5, 0.6) is 0 Å². The number of benzene rings is 1. The van der Waals surface area contributed by atoms with E-state index in [1.165, 1.54) is 0 Å². The van der Waals surface area contributed by atoms with Gasteiger partial charge in [0.15, 0.2) is 0 Å². The van der Waals surface area contributed by atoms with Gasteiger partial charge in [0.2, 0.25) is 0 Å². The molecule has 0 radical (unpaired) electrons. The van der Waals surface area contributed by atoms with Gasteiger partial charge in [-0.1, -0.05) is 37.0 Å². The fourth-order valence-corrected chi connectivity index (χ4v) is 1.26. The van der Waals surface area contributed by atoms with Crippen molar-refractivity contribution in [1.82, 2.24) is 0 Å². The van der Waals surface area contributed by atoms with Gasteiger partial charge in [0, 0.05) is 0 Å². The van der Waals surface area contributed by atoms with Crippen molar-refractivity contribution in [2.24, 2.45) is 0 Å². The third-order valence-corrected chi connectivity index (χ3v) is 2.18. The summed E-state index contributed by atoms with van der Waals surface area (Å²) in [4.78, 5) is 0. The lowest BCUT2D eigenvalue weighted by Crippen LogP contribution is -1.86. The third-order valence-electron chi connectivity index (χ3n) is 2.18. The van der Waals surface area contributed by atoms with Gasteiger partial charge >= 0.3 is 0 Å². The van der Waals surface area contributed by atoms with E-state index in [4.69, 9.17) is 0 Å². The zero-order chi connectivity index (χ0) is 10.7. The van der Waals surface area contributed by atoms with E-state index in [-0.39, 0.29) is 0 Å². The van der Waals surface area contributed by atoms with E-state index >= 15 is 0 Å². The van der Waals surface area contributed by atoms with E-state index in [0.29, 0.717) is 0 Å². The molecule has 72 valence electrons. The van der Waals surface area contributed by atoms with E-state index in [1.807, 2.05) is 19.9 Å². The van der Waals surface area contributed by atoms with Crippen molar-refractivity contribution in [3.63, 3.8) is 0 Å². The highest BCUT2D eigenvalue weighted by molar-refractivity contribution is 5.72. The van der Waals surface area contributed by atoms with Crippen LogP contribution in [0.25, 0.3) is 17.2 Å². The Labute approximate surface area is 86.3 Å². The molecule has 0 aliphatic heterocycles. The van der Waals surface area contributed by atoms with Gasteiger partial charge in [0.25, 0.3) is 0 Å². The lowest BCUT2D eigenvalue weighted by molar-refractivity contribution is 1.50. The molecule has 0 aromatic heterocycles. The first-order valence-electron chi connectivity index (χ1n) is 4.64. The second-order valence-corrected chi connectivity index (χ2v) is 3.61. The molecular weight excluding hydrogens is 168 g/mol. The van der Waals surface area contributed by atoms with Crippen LogP contribution in [0.1, 0.15) is 30.5 Å². The van der Waals surface area contributed by atoms with Crippen LogP contribution in [-0.4, -0.2) is 0 Å². The molecule has 0 aliphatic carbocycles. The molecule has 1 aromatic carbocycles. The largest absolute Gasteiger partial charge is 0.0985 e. The molecule has 0 bridgehead atoms. The zero-order valence-electron chi connectivity index (χ0n) is 8.93. The number of allylic oxidation sites excluding steroid dienone is 2. The van der Waals surface area contributed by atoms with Crippen LogP contribution in [0.4, 0.5) is 0 Å².